The molecule has 0 spiro atoms. The molecule has 0 aromatic heterocycles. The number of hydrogen-bond acceptors (Lipinski definition) is 3. The zero-order chi connectivity index (χ0) is 15.9. The van der Waals surface area contributed by atoms with Crippen molar-refractivity contribution in [3.05, 3.63) is 42.2 Å². The smallest absolute Gasteiger partial charge is 0.264 e. The van der Waals surface area contributed by atoms with Crippen LogP contribution in [0.4, 0.5) is 10.1 Å². The third kappa shape index (κ3) is 2.00. The minimum Gasteiger partial charge on any atom is -0.375 e. The normalized spacial score (nSPS) is 27.9. The maximum Gasteiger partial charge on any atom is 0.264 e. The third-order valence-electron chi connectivity index (χ3n) is 4.60. The van der Waals surface area contributed by atoms with Crippen molar-refractivity contribution in [2.24, 2.45) is 5.92 Å². The number of hydrogen-bond donors (Lipinski definition) is 1. The molecule has 0 unspecified atom stereocenters. The van der Waals surface area contributed by atoms with Crippen LogP contribution in [0.5, 0.6) is 0 Å². The number of carbonyl (C=O) groups excluding carboxylic acids is 2. The fourth-order valence-corrected chi connectivity index (χ4v) is 3.55. The minimum atomic E-state index is -1.96. The van der Waals surface area contributed by atoms with Crippen LogP contribution in [0.2, 0.25) is 0 Å². The van der Waals surface area contributed by atoms with Crippen molar-refractivity contribution in [3.8, 4) is 0 Å². The van der Waals surface area contributed by atoms with Gasteiger partial charge in [-0.3, -0.25) is 9.59 Å². The van der Waals surface area contributed by atoms with Gasteiger partial charge in [0, 0.05) is 18.5 Å². The molecule has 2 atom stereocenters. The Balaban J connectivity index is 2.14. The molecule has 5 heteroatoms. The molecule has 1 saturated carbocycles. The molecule has 1 aromatic rings. The number of Topliss-reactive ketones (excluding diaryl/α,β-unsaturated/α-hetero) is 1. The molecule has 2 aliphatic rings. The molecule has 1 fully saturated rings. The van der Waals surface area contributed by atoms with Gasteiger partial charge in [-0.2, -0.15) is 0 Å². The van der Waals surface area contributed by atoms with Crippen LogP contribution in [0.1, 0.15) is 31.2 Å². The van der Waals surface area contributed by atoms with Crippen LogP contribution in [-0.4, -0.2) is 23.3 Å². The lowest BCUT2D eigenvalue weighted by Crippen LogP contribution is -2.49. The van der Waals surface area contributed by atoms with Crippen molar-refractivity contribution in [2.75, 3.05) is 11.4 Å². The molecule has 0 saturated heterocycles. The maximum absolute atomic E-state index is 13.7. The summed E-state index contributed by atoms with van der Waals surface area (Å²) in [5, 5.41) is 11.1. The monoisotopic (exact) mass is 303 g/mol. The van der Waals surface area contributed by atoms with E-state index >= 15 is 0 Å². The van der Waals surface area contributed by atoms with Crippen molar-refractivity contribution < 1.29 is 19.1 Å². The first-order valence-corrected chi connectivity index (χ1v) is 7.48. The predicted octanol–water partition coefficient (Wildman–Crippen LogP) is 2.31. The van der Waals surface area contributed by atoms with E-state index in [2.05, 4.69) is 6.58 Å². The number of benzene rings is 1. The molecule has 4 nitrogen and oxygen atoms in total. The first-order valence-electron chi connectivity index (χ1n) is 7.48. The van der Waals surface area contributed by atoms with Gasteiger partial charge >= 0.3 is 0 Å². The Morgan fingerprint density at radius 1 is 1.41 bits per heavy atom. The van der Waals surface area contributed by atoms with Crippen LogP contribution in [0.15, 0.2) is 30.9 Å². The van der Waals surface area contributed by atoms with Gasteiger partial charge in [0.05, 0.1) is 11.6 Å². The first-order chi connectivity index (χ1) is 10.5. The molecule has 0 radical (unpaired) electrons. The lowest BCUT2D eigenvalue weighted by molar-refractivity contribution is -0.152. The van der Waals surface area contributed by atoms with Gasteiger partial charge < -0.3 is 10.0 Å². The standard InChI is InChI=1S/C17H18FNO3/c1-2-9-19-14-8-7-11(18)10-13(14)17(22,16(19)21)12-5-3-4-6-15(12)20/h2,7-8,10,12,22H,1,3-6,9H2/t12-,17-/m1/s1. The second kappa shape index (κ2) is 5.32. The molecule has 1 amide bonds. The van der Waals surface area contributed by atoms with E-state index in [4.69, 9.17) is 0 Å². The molecule has 116 valence electrons. The highest BCUT2D eigenvalue weighted by atomic mass is 19.1. The summed E-state index contributed by atoms with van der Waals surface area (Å²) in [6.45, 7) is 3.82. The summed E-state index contributed by atoms with van der Waals surface area (Å²) < 4.78 is 13.7. The zero-order valence-electron chi connectivity index (χ0n) is 12.2. The molecule has 1 aliphatic carbocycles. The summed E-state index contributed by atoms with van der Waals surface area (Å²) in [5.74, 6) is -2.02. The maximum atomic E-state index is 13.7. The van der Waals surface area contributed by atoms with Crippen LogP contribution in [0.3, 0.4) is 0 Å². The van der Waals surface area contributed by atoms with Gasteiger partial charge in [0.25, 0.3) is 5.91 Å². The Morgan fingerprint density at radius 3 is 2.86 bits per heavy atom. The number of carbonyl (C=O) groups is 2. The van der Waals surface area contributed by atoms with Gasteiger partial charge in [-0.25, -0.2) is 4.39 Å². The summed E-state index contributed by atoms with van der Waals surface area (Å²) in [4.78, 5) is 26.4. The van der Waals surface area contributed by atoms with E-state index < -0.39 is 23.2 Å². The summed E-state index contributed by atoms with van der Waals surface area (Å²) in [6.07, 6.45) is 3.88. The van der Waals surface area contributed by atoms with Crippen molar-refractivity contribution >= 4 is 17.4 Å². The Labute approximate surface area is 128 Å². The number of nitrogens with zero attached hydrogens (tertiary/aromatic N) is 1. The number of amides is 1. The van der Waals surface area contributed by atoms with Crippen molar-refractivity contribution in [1.29, 1.82) is 0 Å². The molecule has 1 aromatic carbocycles. The molecule has 3 rings (SSSR count). The van der Waals surface area contributed by atoms with E-state index in [-0.39, 0.29) is 17.9 Å². The fraction of sp³-hybridized carbons (Fsp3) is 0.412. The topological polar surface area (TPSA) is 57.6 Å². The Bertz CT molecular complexity index is 657. The average molecular weight is 303 g/mol. The zero-order valence-corrected chi connectivity index (χ0v) is 12.2. The molecule has 22 heavy (non-hydrogen) atoms. The highest BCUT2D eigenvalue weighted by molar-refractivity contribution is 6.09. The largest absolute Gasteiger partial charge is 0.375 e. The number of halogens is 1. The van der Waals surface area contributed by atoms with Crippen LogP contribution < -0.4 is 4.90 Å². The van der Waals surface area contributed by atoms with E-state index in [0.29, 0.717) is 18.5 Å². The number of aliphatic hydroxyl groups is 1. The average Bonchev–Trinajstić information content (AvgIpc) is 2.71. The SMILES string of the molecule is C=CCN1C(=O)[C@@](O)([C@@H]2CCCCC2=O)c2cc(F)ccc21. The summed E-state index contributed by atoms with van der Waals surface area (Å²) in [5.41, 5.74) is -1.32. The summed E-state index contributed by atoms with van der Waals surface area (Å²) >= 11 is 0. The van der Waals surface area contributed by atoms with Crippen molar-refractivity contribution in [2.45, 2.75) is 31.3 Å². The van der Waals surface area contributed by atoms with E-state index in [0.717, 1.165) is 18.9 Å². The van der Waals surface area contributed by atoms with E-state index in [1.165, 1.54) is 17.0 Å². The lowest BCUT2D eigenvalue weighted by Gasteiger charge is -2.33. The number of ketones is 1. The van der Waals surface area contributed by atoms with Crippen LogP contribution >= 0.6 is 0 Å². The molecule has 1 aliphatic heterocycles. The second-order valence-corrected chi connectivity index (χ2v) is 5.90. The van der Waals surface area contributed by atoms with Gasteiger partial charge in [0.2, 0.25) is 0 Å². The minimum absolute atomic E-state index is 0.127. The Kier molecular flexibility index (Phi) is 3.60. The molecule has 1 N–H and O–H groups in total. The van der Waals surface area contributed by atoms with Crippen molar-refractivity contribution in [1.82, 2.24) is 0 Å². The molecular weight excluding hydrogens is 285 g/mol. The highest BCUT2D eigenvalue weighted by Gasteiger charge is 2.56. The van der Waals surface area contributed by atoms with Crippen LogP contribution in [0.25, 0.3) is 0 Å². The number of fused-ring (bicyclic) bond motifs is 1. The van der Waals surface area contributed by atoms with E-state index in [1.807, 2.05) is 0 Å². The van der Waals surface area contributed by atoms with E-state index in [9.17, 15) is 19.1 Å². The molecule has 0 bridgehead atoms. The Hall–Kier alpha value is -2.01. The van der Waals surface area contributed by atoms with Gasteiger partial charge in [0.15, 0.2) is 5.60 Å². The Morgan fingerprint density at radius 2 is 2.18 bits per heavy atom. The van der Waals surface area contributed by atoms with Gasteiger partial charge in [-0.1, -0.05) is 12.5 Å². The molecular formula is C17H18FNO3. The summed E-state index contributed by atoms with van der Waals surface area (Å²) in [7, 11) is 0. The van der Waals surface area contributed by atoms with Gasteiger partial charge in [-0.05, 0) is 31.0 Å². The fourth-order valence-electron chi connectivity index (χ4n) is 3.55. The number of rotatable bonds is 3. The summed E-state index contributed by atoms with van der Waals surface area (Å²) in [6, 6.07) is 3.88. The van der Waals surface area contributed by atoms with E-state index in [1.54, 1.807) is 6.08 Å². The van der Waals surface area contributed by atoms with Gasteiger partial charge in [0.1, 0.15) is 11.6 Å². The highest BCUT2D eigenvalue weighted by Crippen LogP contribution is 2.48. The molecule has 1 heterocycles. The lowest BCUT2D eigenvalue weighted by atomic mass is 9.73. The van der Waals surface area contributed by atoms with Crippen molar-refractivity contribution in [3.63, 3.8) is 0 Å². The number of anilines is 1. The van der Waals surface area contributed by atoms with Crippen LogP contribution in [-0.2, 0) is 15.2 Å². The third-order valence-corrected chi connectivity index (χ3v) is 4.60. The first kappa shape index (κ1) is 14.9. The quantitative estimate of drug-likeness (QED) is 0.872. The van der Waals surface area contributed by atoms with Crippen LogP contribution in [0, 0.1) is 11.7 Å². The second-order valence-electron chi connectivity index (χ2n) is 5.90. The predicted molar refractivity (Wildman–Crippen MR) is 79.8 cm³/mol. The van der Waals surface area contributed by atoms with Gasteiger partial charge in [-0.15, -0.1) is 6.58 Å².